The lowest BCUT2D eigenvalue weighted by molar-refractivity contribution is 0.0525. The highest BCUT2D eigenvalue weighted by Crippen LogP contribution is 2.30. The Balaban J connectivity index is 2.06. The van der Waals surface area contributed by atoms with Gasteiger partial charge in [-0.05, 0) is 23.8 Å². The normalized spacial score (nSPS) is 10.7. The molecule has 3 nitrogen and oxygen atoms in total. The van der Waals surface area contributed by atoms with E-state index in [0.717, 1.165) is 16.3 Å². The van der Waals surface area contributed by atoms with Gasteiger partial charge < -0.3 is 9.15 Å². The molecule has 0 radical (unpaired) electrons. The first kappa shape index (κ1) is 12.5. The number of carbonyl (C=O) groups is 1. The minimum atomic E-state index is -0.359. The molecule has 3 heteroatoms. The Morgan fingerprint density at radius 3 is 2.80 bits per heavy atom. The van der Waals surface area contributed by atoms with Crippen LogP contribution in [0.2, 0.25) is 0 Å². The van der Waals surface area contributed by atoms with Gasteiger partial charge >= 0.3 is 5.97 Å². The van der Waals surface area contributed by atoms with Crippen molar-refractivity contribution in [2.75, 3.05) is 6.61 Å². The van der Waals surface area contributed by atoms with Gasteiger partial charge in [-0.3, -0.25) is 0 Å². The van der Waals surface area contributed by atoms with Crippen molar-refractivity contribution >= 4 is 16.7 Å². The molecule has 0 spiro atoms. The highest BCUT2D eigenvalue weighted by molar-refractivity contribution is 5.97. The summed E-state index contributed by atoms with van der Waals surface area (Å²) in [6.45, 7) is 2.14. The van der Waals surface area contributed by atoms with Gasteiger partial charge in [0.05, 0.1) is 12.2 Å². The second-order valence-corrected chi connectivity index (χ2v) is 4.45. The Hall–Kier alpha value is -2.55. The maximum absolute atomic E-state index is 11.7. The third kappa shape index (κ3) is 2.18. The predicted octanol–water partition coefficient (Wildman–Crippen LogP) is 4.28. The van der Waals surface area contributed by atoms with Gasteiger partial charge in [0.2, 0.25) is 0 Å². The first-order chi connectivity index (χ1) is 9.79. The first-order valence-corrected chi connectivity index (χ1v) is 6.53. The summed E-state index contributed by atoms with van der Waals surface area (Å²) >= 11 is 0. The van der Waals surface area contributed by atoms with Crippen LogP contribution in [0.5, 0.6) is 0 Å². The summed E-state index contributed by atoms with van der Waals surface area (Å²) < 4.78 is 10.5. The SMILES string of the molecule is CCOC(=O)c1coc(-c2cccc3ccccc23)c1. The molecule has 1 heterocycles. The molecular formula is C17H14O3. The summed E-state index contributed by atoms with van der Waals surface area (Å²) in [7, 11) is 0. The van der Waals surface area contributed by atoms with Crippen molar-refractivity contribution in [3.05, 3.63) is 60.4 Å². The molecule has 0 aliphatic carbocycles. The Bertz CT molecular complexity index is 750. The third-order valence-electron chi connectivity index (χ3n) is 3.17. The molecule has 0 unspecified atom stereocenters. The molecule has 0 saturated heterocycles. The zero-order valence-electron chi connectivity index (χ0n) is 11.1. The molecule has 0 amide bonds. The molecule has 0 fully saturated rings. The van der Waals surface area contributed by atoms with E-state index in [0.29, 0.717) is 17.9 Å². The lowest BCUT2D eigenvalue weighted by Gasteiger charge is -2.03. The number of fused-ring (bicyclic) bond motifs is 1. The molecule has 0 atom stereocenters. The van der Waals surface area contributed by atoms with Gasteiger partial charge in [0.15, 0.2) is 0 Å². The fraction of sp³-hybridized carbons (Fsp3) is 0.118. The van der Waals surface area contributed by atoms with E-state index in [4.69, 9.17) is 9.15 Å². The molecule has 0 aliphatic heterocycles. The second kappa shape index (κ2) is 5.21. The van der Waals surface area contributed by atoms with E-state index < -0.39 is 0 Å². The van der Waals surface area contributed by atoms with Gasteiger partial charge in [0, 0.05) is 5.56 Å². The van der Waals surface area contributed by atoms with E-state index in [1.165, 1.54) is 6.26 Å². The van der Waals surface area contributed by atoms with Crippen LogP contribution in [0.4, 0.5) is 0 Å². The van der Waals surface area contributed by atoms with Crippen LogP contribution in [0.15, 0.2) is 59.2 Å². The molecule has 0 N–H and O–H groups in total. The highest BCUT2D eigenvalue weighted by Gasteiger charge is 2.13. The maximum atomic E-state index is 11.7. The Labute approximate surface area is 116 Å². The molecule has 0 aliphatic rings. The van der Waals surface area contributed by atoms with Gasteiger partial charge in [-0.1, -0.05) is 42.5 Å². The van der Waals surface area contributed by atoms with E-state index >= 15 is 0 Å². The average Bonchev–Trinajstić information content (AvgIpc) is 2.97. The number of rotatable bonds is 3. The molecule has 0 saturated carbocycles. The van der Waals surface area contributed by atoms with Gasteiger partial charge in [-0.2, -0.15) is 0 Å². The van der Waals surface area contributed by atoms with Crippen molar-refractivity contribution in [1.29, 1.82) is 0 Å². The van der Waals surface area contributed by atoms with Crippen LogP contribution in [0.3, 0.4) is 0 Å². The standard InChI is InChI=1S/C17H14O3/c1-2-19-17(18)13-10-16(20-11-13)15-9-5-7-12-6-3-4-8-14(12)15/h3-11H,2H2,1H3. The highest BCUT2D eigenvalue weighted by atomic mass is 16.5. The van der Waals surface area contributed by atoms with Crippen molar-refractivity contribution < 1.29 is 13.9 Å². The second-order valence-electron chi connectivity index (χ2n) is 4.45. The monoisotopic (exact) mass is 266 g/mol. The maximum Gasteiger partial charge on any atom is 0.341 e. The van der Waals surface area contributed by atoms with Crippen LogP contribution in [0.25, 0.3) is 22.1 Å². The molecule has 1 aromatic heterocycles. The van der Waals surface area contributed by atoms with Gasteiger partial charge in [-0.25, -0.2) is 4.79 Å². The zero-order valence-corrected chi connectivity index (χ0v) is 11.1. The van der Waals surface area contributed by atoms with Crippen LogP contribution in [0, 0.1) is 0 Å². The minimum absolute atomic E-state index is 0.355. The number of carbonyl (C=O) groups excluding carboxylic acids is 1. The van der Waals surface area contributed by atoms with Crippen LogP contribution < -0.4 is 0 Å². The van der Waals surface area contributed by atoms with E-state index in [-0.39, 0.29) is 5.97 Å². The van der Waals surface area contributed by atoms with Crippen LogP contribution in [-0.4, -0.2) is 12.6 Å². The summed E-state index contributed by atoms with van der Waals surface area (Å²) in [4.78, 5) is 11.7. The zero-order chi connectivity index (χ0) is 13.9. The number of hydrogen-bond acceptors (Lipinski definition) is 3. The van der Waals surface area contributed by atoms with Crippen molar-refractivity contribution in [3.8, 4) is 11.3 Å². The molecule has 3 aromatic rings. The molecular weight excluding hydrogens is 252 g/mol. The minimum Gasteiger partial charge on any atom is -0.463 e. The predicted molar refractivity (Wildman–Crippen MR) is 77.6 cm³/mol. The fourth-order valence-electron chi connectivity index (χ4n) is 2.24. The Morgan fingerprint density at radius 1 is 1.15 bits per heavy atom. The number of esters is 1. The number of hydrogen-bond donors (Lipinski definition) is 0. The third-order valence-corrected chi connectivity index (χ3v) is 3.17. The Morgan fingerprint density at radius 2 is 1.95 bits per heavy atom. The van der Waals surface area contributed by atoms with Gasteiger partial charge in [0.1, 0.15) is 12.0 Å². The van der Waals surface area contributed by atoms with Crippen LogP contribution in [-0.2, 0) is 4.74 Å². The molecule has 100 valence electrons. The summed E-state index contributed by atoms with van der Waals surface area (Å²) in [6.07, 6.45) is 1.44. The van der Waals surface area contributed by atoms with E-state index in [2.05, 4.69) is 0 Å². The quantitative estimate of drug-likeness (QED) is 0.664. The first-order valence-electron chi connectivity index (χ1n) is 6.53. The van der Waals surface area contributed by atoms with E-state index in [1.807, 2.05) is 42.5 Å². The lowest BCUT2D eigenvalue weighted by atomic mass is 10.0. The van der Waals surface area contributed by atoms with Crippen molar-refractivity contribution in [1.82, 2.24) is 0 Å². The summed E-state index contributed by atoms with van der Waals surface area (Å²) in [5.41, 5.74) is 1.41. The summed E-state index contributed by atoms with van der Waals surface area (Å²) in [5, 5.41) is 2.24. The van der Waals surface area contributed by atoms with E-state index in [1.54, 1.807) is 13.0 Å². The van der Waals surface area contributed by atoms with Crippen LogP contribution in [0.1, 0.15) is 17.3 Å². The summed E-state index contributed by atoms with van der Waals surface area (Å²) in [5.74, 6) is 0.313. The molecule has 20 heavy (non-hydrogen) atoms. The Kier molecular flexibility index (Phi) is 3.25. The number of ether oxygens (including phenoxy) is 1. The van der Waals surface area contributed by atoms with Crippen LogP contribution >= 0.6 is 0 Å². The summed E-state index contributed by atoms with van der Waals surface area (Å²) in [6, 6.07) is 15.8. The smallest absolute Gasteiger partial charge is 0.341 e. The fourth-order valence-corrected chi connectivity index (χ4v) is 2.24. The molecule has 2 aromatic carbocycles. The largest absolute Gasteiger partial charge is 0.463 e. The lowest BCUT2D eigenvalue weighted by Crippen LogP contribution is -2.02. The average molecular weight is 266 g/mol. The van der Waals surface area contributed by atoms with E-state index in [9.17, 15) is 4.79 Å². The van der Waals surface area contributed by atoms with Crippen molar-refractivity contribution in [3.63, 3.8) is 0 Å². The molecule has 0 bridgehead atoms. The van der Waals surface area contributed by atoms with Crippen molar-refractivity contribution in [2.24, 2.45) is 0 Å². The van der Waals surface area contributed by atoms with Crippen molar-refractivity contribution in [2.45, 2.75) is 6.92 Å². The number of furan rings is 1. The van der Waals surface area contributed by atoms with Gasteiger partial charge in [-0.15, -0.1) is 0 Å². The molecule has 3 rings (SSSR count). The number of benzene rings is 2. The van der Waals surface area contributed by atoms with Gasteiger partial charge in [0.25, 0.3) is 0 Å². The topological polar surface area (TPSA) is 39.4 Å².